The molecule has 0 N–H and O–H groups in total. The van der Waals surface area contributed by atoms with E-state index in [4.69, 9.17) is 4.74 Å². The molecule has 0 atom stereocenters. The van der Waals surface area contributed by atoms with Gasteiger partial charge >= 0.3 is 0 Å². The van der Waals surface area contributed by atoms with Crippen molar-refractivity contribution in [3.8, 4) is 5.75 Å². The van der Waals surface area contributed by atoms with Crippen LogP contribution in [-0.4, -0.2) is 17.7 Å². The monoisotopic (exact) mass is 1120 g/mol. The lowest BCUT2D eigenvalue weighted by Crippen LogP contribution is -2.81. The molecule has 3 nitrogen and oxygen atoms in total. The Labute approximate surface area is 428 Å². The molecule has 0 aliphatic heterocycles. The molecule has 0 radical (unpaired) electrons. The van der Waals surface area contributed by atoms with Gasteiger partial charge in [-0.3, -0.25) is 4.98 Å². The van der Waals surface area contributed by atoms with E-state index in [1.165, 1.54) is 102 Å². The fraction of sp³-hybridized carbons (Fsp3) is 0.358. The lowest BCUT2D eigenvalue weighted by molar-refractivity contribution is -0.688. The average Bonchev–Trinajstić information content (AvgIpc) is 3.42. The Morgan fingerprint density at radius 2 is 0.584 bits per heavy atom. The summed E-state index contributed by atoms with van der Waals surface area (Å²) in [5.41, 5.74) is -13.1. The molecule has 6 aromatic rings. The number of unbranched alkanes of at least 4 members (excludes halogenated alkanes) is 15. The van der Waals surface area contributed by atoms with Crippen molar-refractivity contribution in [2.45, 2.75) is 116 Å². The van der Waals surface area contributed by atoms with Crippen LogP contribution in [0.5, 0.6) is 5.75 Å². The predicted octanol–water partition coefficient (Wildman–Crippen LogP) is 13.9. The molecule has 0 saturated carbocycles. The zero-order valence-corrected chi connectivity index (χ0v) is 40.8. The lowest BCUT2D eigenvalue weighted by Gasteiger charge is -2.44. The smallest absolute Gasteiger partial charge is 0.200 e. The van der Waals surface area contributed by atoms with E-state index in [9.17, 15) is 52.7 Å². The first-order valence-electron chi connectivity index (χ1n) is 24.3. The van der Waals surface area contributed by atoms with Crippen molar-refractivity contribution >= 4 is 28.0 Å². The third kappa shape index (κ3) is 13.3. The average molecular weight is 1120 g/mol. The Hall–Kier alpha value is -6.36. The first-order valence-corrected chi connectivity index (χ1v) is 24.3. The number of benzene rings is 5. The van der Waals surface area contributed by atoms with Crippen molar-refractivity contribution in [2.75, 3.05) is 6.61 Å². The van der Waals surface area contributed by atoms with Gasteiger partial charge in [0.1, 0.15) is 58.4 Å². The minimum atomic E-state index is -7.22. The molecule has 24 heteroatoms. The highest BCUT2D eigenvalue weighted by molar-refractivity contribution is 7.20. The van der Waals surface area contributed by atoms with Gasteiger partial charge in [-0.15, -0.1) is 21.9 Å². The van der Waals surface area contributed by atoms with E-state index in [-0.39, 0.29) is 0 Å². The maximum Gasteiger partial charge on any atom is 0.200 e. The molecule has 5 aromatic carbocycles. The van der Waals surface area contributed by atoms with E-state index in [2.05, 4.69) is 40.7 Å². The fourth-order valence-electron chi connectivity index (χ4n) is 9.07. The van der Waals surface area contributed by atoms with E-state index < -0.39 is 144 Å². The van der Waals surface area contributed by atoms with Crippen molar-refractivity contribution < 1.29 is 97.1 Å². The van der Waals surface area contributed by atoms with Gasteiger partial charge in [0.25, 0.3) is 0 Å². The molecule has 418 valence electrons. The highest BCUT2D eigenvalue weighted by Crippen LogP contribution is 2.31. The van der Waals surface area contributed by atoms with Crippen LogP contribution in [-0.2, 0) is 6.54 Å². The summed E-state index contributed by atoms with van der Waals surface area (Å²) in [4.78, 5) is 4.05. The second-order valence-corrected chi connectivity index (χ2v) is 18.0. The Bertz CT molecular complexity index is 2600. The van der Waals surface area contributed by atoms with Crippen LogP contribution in [0.2, 0.25) is 0 Å². The number of nitrogens with zero attached hydrogens (tertiary/aromatic N) is 2. The van der Waals surface area contributed by atoms with Gasteiger partial charge in [-0.1, -0.05) is 103 Å². The summed E-state index contributed by atoms with van der Waals surface area (Å²) in [7, 11) is 0. The van der Waals surface area contributed by atoms with Crippen molar-refractivity contribution in [1.29, 1.82) is 0 Å². The quantitative estimate of drug-likeness (QED) is 0.0151. The molecule has 0 bridgehead atoms. The van der Waals surface area contributed by atoms with Crippen LogP contribution in [0.15, 0.2) is 49.1 Å². The van der Waals surface area contributed by atoms with Crippen LogP contribution in [0.1, 0.15) is 115 Å². The van der Waals surface area contributed by atoms with Gasteiger partial charge in [-0.2, -0.15) is 4.57 Å². The highest BCUT2D eigenvalue weighted by Gasteiger charge is 2.52. The molecule has 0 amide bonds. The highest BCUT2D eigenvalue weighted by atomic mass is 19.2. The fourth-order valence-corrected chi connectivity index (χ4v) is 9.07. The van der Waals surface area contributed by atoms with Crippen molar-refractivity contribution in [3.05, 3.63) is 171 Å². The summed E-state index contributed by atoms with van der Waals surface area (Å²) in [6.45, 7) is 3.99. The maximum atomic E-state index is 15.4. The van der Waals surface area contributed by atoms with Gasteiger partial charge < -0.3 is 4.74 Å². The third-order valence-electron chi connectivity index (χ3n) is 13.0. The van der Waals surface area contributed by atoms with Crippen LogP contribution < -0.4 is 31.2 Å². The number of aromatic nitrogens is 2. The molecule has 0 aliphatic carbocycles. The third-order valence-corrected chi connectivity index (χ3v) is 13.0. The Kier molecular flexibility index (Phi) is 22.2. The topological polar surface area (TPSA) is 26.0 Å². The zero-order valence-electron chi connectivity index (χ0n) is 40.8. The predicted molar refractivity (Wildman–Crippen MR) is 244 cm³/mol. The minimum absolute atomic E-state index is 0.830. The number of rotatable bonds is 24. The van der Waals surface area contributed by atoms with Gasteiger partial charge in [-0.05, 0) is 30.7 Å². The SMILES string of the molecule is CCCCCCCCCCCCCCCCCCOc1ccc(C[n+]2ccncc2)cc1.Fc1c(F)c(F)c([B-](c2c(F)c(F)c(F)c(F)c2F)(c2c(F)c(F)c(F)c(F)c2F)c2c(F)c(F)c(F)c(F)c2F)c(F)c1F. The van der Waals surface area contributed by atoms with Crippen LogP contribution >= 0.6 is 0 Å². The first-order chi connectivity index (χ1) is 36.6. The van der Waals surface area contributed by atoms with Gasteiger partial charge in [0.2, 0.25) is 0 Å². The van der Waals surface area contributed by atoms with E-state index in [0.717, 1.165) is 25.3 Å². The number of halogens is 20. The summed E-state index contributed by atoms with van der Waals surface area (Å²) >= 11 is 0. The summed E-state index contributed by atoms with van der Waals surface area (Å²) in [5, 5.41) is 0. The van der Waals surface area contributed by atoms with Crippen LogP contribution in [0.25, 0.3) is 0 Å². The molecule has 0 unspecified atom stereocenters. The normalized spacial score (nSPS) is 11.6. The molecule has 0 aliphatic rings. The second-order valence-electron chi connectivity index (χ2n) is 18.0. The van der Waals surface area contributed by atoms with Crippen LogP contribution in [0, 0.1) is 116 Å². The Morgan fingerprint density at radius 1 is 0.338 bits per heavy atom. The molecule has 0 saturated heterocycles. The molecular formula is C53H47BF20N2O. The second kappa shape index (κ2) is 27.8. The van der Waals surface area contributed by atoms with Crippen molar-refractivity contribution in [2.24, 2.45) is 0 Å². The van der Waals surface area contributed by atoms with Crippen molar-refractivity contribution in [3.63, 3.8) is 0 Å². The maximum absolute atomic E-state index is 15.4. The van der Waals surface area contributed by atoms with E-state index in [0.29, 0.717) is 0 Å². The van der Waals surface area contributed by atoms with Crippen molar-refractivity contribution in [1.82, 2.24) is 4.98 Å². The molecular weight excluding hydrogens is 1070 g/mol. The molecule has 1 aromatic heterocycles. The van der Waals surface area contributed by atoms with E-state index in [1.807, 2.05) is 24.8 Å². The van der Waals surface area contributed by atoms with E-state index >= 15 is 35.1 Å². The number of ether oxygens (including phenoxy) is 1. The Morgan fingerprint density at radius 3 is 0.857 bits per heavy atom. The molecule has 6 rings (SSSR count). The summed E-state index contributed by atoms with van der Waals surface area (Å²) in [6.07, 6.45) is 22.8. The van der Waals surface area contributed by atoms with Crippen LogP contribution in [0.3, 0.4) is 0 Å². The summed E-state index contributed by atoms with van der Waals surface area (Å²) in [5.74, 6) is -70.4. The molecule has 0 spiro atoms. The standard InChI is InChI=1S/C29H47N2O.C24BF20/c1-2-3-4-5-6-7-8-9-10-11-12-13-14-15-16-17-26-32-29-20-18-28(19-21-29)27-31-24-22-30-23-25-31;26-5-1(6(27)14(35)21(42)13(5)34)25(2-7(28)15(36)22(43)16(37)8(2)29,3-9(30)17(38)23(44)18(39)10(3)31)4-11(32)19(40)24(45)20(41)12(4)33/h18-25H,2-17,26-27H2,1H3;/q+1;-1. The lowest BCUT2D eigenvalue weighted by atomic mass is 9.12. The number of hydrogen-bond donors (Lipinski definition) is 0. The first kappa shape index (κ1) is 61.5. The van der Waals surface area contributed by atoms with Gasteiger partial charge in [-0.25, -0.2) is 87.8 Å². The molecule has 77 heavy (non-hydrogen) atoms. The number of hydrogen-bond acceptors (Lipinski definition) is 2. The summed E-state index contributed by atoms with van der Waals surface area (Å²) in [6, 6.07) is 8.47. The minimum Gasteiger partial charge on any atom is -0.494 e. The van der Waals surface area contributed by atoms with Gasteiger partial charge in [0, 0.05) is 5.56 Å². The van der Waals surface area contributed by atoms with Gasteiger partial charge in [0.05, 0.1) is 19.0 Å². The summed E-state index contributed by atoms with van der Waals surface area (Å²) < 4.78 is 302. The largest absolute Gasteiger partial charge is 0.494 e. The Balaban J connectivity index is 0.000000301. The van der Waals surface area contributed by atoms with E-state index in [1.54, 1.807) is 0 Å². The van der Waals surface area contributed by atoms with Crippen LogP contribution in [0.4, 0.5) is 87.8 Å². The molecule has 1 heterocycles. The van der Waals surface area contributed by atoms with Gasteiger partial charge in [0.15, 0.2) is 88.7 Å². The zero-order chi connectivity index (χ0) is 56.9. The molecule has 0 fully saturated rings.